The maximum Gasteiger partial charge on any atom is 0.471 e. The van der Waals surface area contributed by atoms with Crippen LogP contribution in [0.1, 0.15) is 24.6 Å². The highest BCUT2D eigenvalue weighted by Crippen LogP contribution is 2.34. The molecule has 0 spiro atoms. The molecule has 2 aliphatic heterocycles. The van der Waals surface area contributed by atoms with Crippen molar-refractivity contribution in [2.45, 2.75) is 43.4 Å². The van der Waals surface area contributed by atoms with Gasteiger partial charge in [0.1, 0.15) is 0 Å². The Morgan fingerprint density at radius 3 is 2.41 bits per heavy atom. The maximum atomic E-state index is 12.5. The molecule has 3 N–H and O–H groups in total. The average molecular weight is 387 g/mol. The quantitative estimate of drug-likeness (QED) is 0.699. The van der Waals surface area contributed by atoms with Crippen molar-refractivity contribution >= 4 is 5.91 Å². The number of aliphatic hydroxyl groups excluding tert-OH is 2. The van der Waals surface area contributed by atoms with Crippen LogP contribution in [0.15, 0.2) is 30.3 Å². The van der Waals surface area contributed by atoms with Crippen LogP contribution in [0, 0.1) is 0 Å². The predicted octanol–water partition coefficient (Wildman–Crippen LogP) is 0.866. The Morgan fingerprint density at radius 2 is 1.81 bits per heavy atom. The van der Waals surface area contributed by atoms with Crippen molar-refractivity contribution in [3.63, 3.8) is 0 Å². The lowest BCUT2D eigenvalue weighted by Crippen LogP contribution is -2.51. The minimum Gasteiger partial charge on any atom is -0.389 e. The molecule has 0 bridgehead atoms. The fourth-order valence-corrected chi connectivity index (χ4v) is 3.95. The standard InChI is InChI=1S/C18H24F3N3O3/c19-18(20,21)17(27)22-10-13-15(26)14(25)11-24(13)16(23-8-4-5-9-23)12-6-2-1-3-7-12/h1-3,6-7,13-16,25-26H,4-5,8-11H2,(H,22,27). The Kier molecular flexibility index (Phi) is 6.05. The molecule has 27 heavy (non-hydrogen) atoms. The third-order valence-corrected chi connectivity index (χ3v) is 5.24. The van der Waals surface area contributed by atoms with Gasteiger partial charge in [-0.25, -0.2) is 0 Å². The minimum absolute atomic E-state index is 0.115. The highest BCUT2D eigenvalue weighted by Gasteiger charge is 2.46. The van der Waals surface area contributed by atoms with E-state index in [0.717, 1.165) is 31.5 Å². The molecule has 1 aromatic rings. The molecule has 9 heteroatoms. The van der Waals surface area contributed by atoms with Crippen LogP contribution in [0.3, 0.4) is 0 Å². The summed E-state index contributed by atoms with van der Waals surface area (Å²) >= 11 is 0. The first-order valence-electron chi connectivity index (χ1n) is 9.05. The molecule has 0 radical (unpaired) electrons. The van der Waals surface area contributed by atoms with Gasteiger partial charge in [0, 0.05) is 13.1 Å². The van der Waals surface area contributed by atoms with Gasteiger partial charge in [0.2, 0.25) is 0 Å². The second kappa shape index (κ2) is 8.14. The lowest BCUT2D eigenvalue weighted by Gasteiger charge is -2.39. The summed E-state index contributed by atoms with van der Waals surface area (Å²) in [6.45, 7) is 1.37. The average Bonchev–Trinajstić information content (AvgIpc) is 3.24. The predicted molar refractivity (Wildman–Crippen MR) is 91.6 cm³/mol. The Balaban J connectivity index is 1.83. The summed E-state index contributed by atoms with van der Waals surface area (Å²) in [4.78, 5) is 15.2. The summed E-state index contributed by atoms with van der Waals surface area (Å²) in [5, 5.41) is 22.3. The van der Waals surface area contributed by atoms with Gasteiger partial charge < -0.3 is 15.5 Å². The minimum atomic E-state index is -4.99. The molecule has 4 unspecified atom stereocenters. The van der Waals surface area contributed by atoms with Gasteiger partial charge >= 0.3 is 12.1 Å². The first-order chi connectivity index (χ1) is 12.8. The van der Waals surface area contributed by atoms with E-state index in [0.29, 0.717) is 0 Å². The molecule has 2 heterocycles. The van der Waals surface area contributed by atoms with Crippen molar-refractivity contribution in [2.75, 3.05) is 26.2 Å². The van der Waals surface area contributed by atoms with Crippen LogP contribution in [0.5, 0.6) is 0 Å². The molecule has 1 aromatic carbocycles. The van der Waals surface area contributed by atoms with E-state index in [-0.39, 0.29) is 12.7 Å². The van der Waals surface area contributed by atoms with Crippen LogP contribution in [0.25, 0.3) is 0 Å². The molecule has 0 saturated carbocycles. The van der Waals surface area contributed by atoms with Crippen molar-refractivity contribution in [1.29, 1.82) is 0 Å². The molecule has 0 aliphatic carbocycles. The van der Waals surface area contributed by atoms with Gasteiger partial charge in [-0.2, -0.15) is 13.2 Å². The molecule has 0 aromatic heterocycles. The largest absolute Gasteiger partial charge is 0.471 e. The third-order valence-electron chi connectivity index (χ3n) is 5.24. The molecule has 2 saturated heterocycles. The van der Waals surface area contributed by atoms with E-state index in [9.17, 15) is 28.2 Å². The highest BCUT2D eigenvalue weighted by molar-refractivity contribution is 5.81. The number of nitrogens with one attached hydrogen (secondary N) is 1. The summed E-state index contributed by atoms with van der Waals surface area (Å²) < 4.78 is 37.6. The zero-order chi connectivity index (χ0) is 19.6. The molecular weight excluding hydrogens is 363 g/mol. The molecule has 2 aliphatic rings. The Hall–Kier alpha value is -1.68. The highest BCUT2D eigenvalue weighted by atomic mass is 19.4. The van der Waals surface area contributed by atoms with Gasteiger partial charge in [-0.05, 0) is 31.5 Å². The molecule has 6 nitrogen and oxygen atoms in total. The second-order valence-corrected chi connectivity index (χ2v) is 7.06. The fraction of sp³-hybridized carbons (Fsp3) is 0.611. The SMILES string of the molecule is O=C(NCC1C(O)C(O)CN1C(c1ccccc1)N1CCCC1)C(F)(F)F. The summed E-state index contributed by atoms with van der Waals surface area (Å²) in [6.07, 6.45) is -5.58. The number of benzene rings is 1. The van der Waals surface area contributed by atoms with Crippen molar-refractivity contribution in [2.24, 2.45) is 0 Å². The lowest BCUT2D eigenvalue weighted by molar-refractivity contribution is -0.174. The van der Waals surface area contributed by atoms with Crippen molar-refractivity contribution in [3.8, 4) is 0 Å². The zero-order valence-corrected chi connectivity index (χ0v) is 14.8. The van der Waals surface area contributed by atoms with E-state index >= 15 is 0 Å². The number of carbonyl (C=O) groups is 1. The summed E-state index contributed by atoms with van der Waals surface area (Å²) in [5.74, 6) is -2.05. The first-order valence-corrected chi connectivity index (χ1v) is 9.05. The Bertz CT molecular complexity index is 638. The zero-order valence-electron chi connectivity index (χ0n) is 14.8. The van der Waals surface area contributed by atoms with Crippen molar-refractivity contribution in [3.05, 3.63) is 35.9 Å². The van der Waals surface area contributed by atoms with E-state index in [1.807, 2.05) is 35.6 Å². The van der Waals surface area contributed by atoms with Gasteiger partial charge in [0.15, 0.2) is 0 Å². The summed E-state index contributed by atoms with van der Waals surface area (Å²) in [6, 6.07) is 8.65. The molecule has 150 valence electrons. The smallest absolute Gasteiger partial charge is 0.389 e. The molecule has 4 atom stereocenters. The number of carbonyl (C=O) groups excluding carboxylic acids is 1. The Morgan fingerprint density at radius 1 is 1.19 bits per heavy atom. The molecular formula is C18H24F3N3O3. The van der Waals surface area contributed by atoms with E-state index in [2.05, 4.69) is 4.90 Å². The number of halogens is 3. The number of likely N-dealkylation sites (tertiary alicyclic amines) is 2. The lowest BCUT2D eigenvalue weighted by atomic mass is 10.1. The monoisotopic (exact) mass is 387 g/mol. The van der Waals surface area contributed by atoms with Crippen LogP contribution in [0.4, 0.5) is 13.2 Å². The van der Waals surface area contributed by atoms with Crippen LogP contribution in [-0.2, 0) is 4.79 Å². The van der Waals surface area contributed by atoms with Gasteiger partial charge in [0.05, 0.1) is 24.4 Å². The number of amides is 1. The maximum absolute atomic E-state index is 12.5. The number of hydrogen-bond donors (Lipinski definition) is 3. The normalized spacial score (nSPS) is 28.4. The first kappa shape index (κ1) is 20.1. The van der Waals surface area contributed by atoms with Gasteiger partial charge in [0.25, 0.3) is 0 Å². The molecule has 1 amide bonds. The topological polar surface area (TPSA) is 76.0 Å². The van der Waals surface area contributed by atoms with Crippen LogP contribution >= 0.6 is 0 Å². The fourth-order valence-electron chi connectivity index (χ4n) is 3.95. The third kappa shape index (κ3) is 4.43. The second-order valence-electron chi connectivity index (χ2n) is 7.06. The number of alkyl halides is 3. The van der Waals surface area contributed by atoms with Crippen LogP contribution in [0.2, 0.25) is 0 Å². The van der Waals surface area contributed by atoms with E-state index in [1.165, 1.54) is 0 Å². The van der Waals surface area contributed by atoms with Crippen LogP contribution < -0.4 is 5.32 Å². The van der Waals surface area contributed by atoms with Crippen LogP contribution in [-0.4, -0.2) is 76.5 Å². The summed E-state index contributed by atoms with van der Waals surface area (Å²) in [5.41, 5.74) is 0.938. The van der Waals surface area contributed by atoms with E-state index in [4.69, 9.17) is 0 Å². The number of hydrogen-bond acceptors (Lipinski definition) is 5. The van der Waals surface area contributed by atoms with Gasteiger partial charge in [-0.3, -0.25) is 14.6 Å². The van der Waals surface area contributed by atoms with Crippen molar-refractivity contribution in [1.82, 2.24) is 15.1 Å². The number of rotatable bonds is 5. The summed E-state index contributed by atoms with van der Waals surface area (Å²) in [7, 11) is 0. The number of β-amino-alcohol motifs (C(OH)–C–C–N with tert-alkyl or cyclic N) is 1. The van der Waals surface area contributed by atoms with Gasteiger partial charge in [-0.1, -0.05) is 30.3 Å². The Labute approximate surface area is 155 Å². The molecule has 2 fully saturated rings. The van der Waals surface area contributed by atoms with Crippen molar-refractivity contribution < 1.29 is 28.2 Å². The molecule has 3 rings (SSSR count). The van der Waals surface area contributed by atoms with E-state index in [1.54, 1.807) is 4.90 Å². The van der Waals surface area contributed by atoms with E-state index < -0.39 is 36.9 Å². The number of aliphatic hydroxyl groups is 2. The number of nitrogens with zero attached hydrogens (tertiary/aromatic N) is 2. The van der Waals surface area contributed by atoms with Gasteiger partial charge in [-0.15, -0.1) is 0 Å².